The summed E-state index contributed by atoms with van der Waals surface area (Å²) in [4.78, 5) is 27.2. The molecule has 1 fully saturated rings. The second kappa shape index (κ2) is 11.1. The molecule has 2 N–H and O–H groups in total. The lowest BCUT2D eigenvalue weighted by Crippen LogP contribution is -2.37. The van der Waals surface area contributed by atoms with Crippen LogP contribution in [0.2, 0.25) is 0 Å². The van der Waals surface area contributed by atoms with E-state index < -0.39 is 0 Å². The van der Waals surface area contributed by atoms with Gasteiger partial charge >= 0.3 is 0 Å². The molecule has 1 aliphatic rings. The van der Waals surface area contributed by atoms with Crippen molar-refractivity contribution in [2.45, 2.75) is 65.3 Å². The fourth-order valence-corrected chi connectivity index (χ4v) is 3.81. The maximum absolute atomic E-state index is 12.6. The van der Waals surface area contributed by atoms with E-state index in [2.05, 4.69) is 34.6 Å². The summed E-state index contributed by atoms with van der Waals surface area (Å²) in [6.07, 6.45) is 6.00. The summed E-state index contributed by atoms with van der Waals surface area (Å²) in [5, 5.41) is 6.04. The molecule has 0 atom stereocenters. The molecule has 0 spiro atoms. The number of hydrogen-bond donors (Lipinski definition) is 2. The van der Waals surface area contributed by atoms with Crippen molar-refractivity contribution in [1.29, 1.82) is 0 Å². The molecule has 0 radical (unpaired) electrons. The lowest BCUT2D eigenvalue weighted by atomic mass is 10.1. The number of hydrogen-bond acceptors (Lipinski definition) is 3. The zero-order valence-electron chi connectivity index (χ0n) is 19.0. The number of nitrogens with one attached hydrogen (secondary N) is 2. The van der Waals surface area contributed by atoms with Crippen LogP contribution in [0.25, 0.3) is 0 Å². The minimum absolute atomic E-state index is 0.0119. The summed E-state index contributed by atoms with van der Waals surface area (Å²) < 4.78 is 0. The number of para-hydroxylation sites is 1. The molecule has 0 saturated heterocycles. The maximum Gasteiger partial charge on any atom is 0.238 e. The number of anilines is 2. The summed E-state index contributed by atoms with van der Waals surface area (Å²) >= 11 is 0. The third-order valence-electron chi connectivity index (χ3n) is 5.84. The van der Waals surface area contributed by atoms with Crippen molar-refractivity contribution >= 4 is 23.2 Å². The van der Waals surface area contributed by atoms with Gasteiger partial charge in [-0.25, -0.2) is 0 Å². The van der Waals surface area contributed by atoms with Crippen molar-refractivity contribution in [2.24, 2.45) is 0 Å². The minimum Gasteiger partial charge on any atom is -0.326 e. The molecule has 2 aromatic rings. The molecule has 1 saturated carbocycles. The molecule has 0 bridgehead atoms. The van der Waals surface area contributed by atoms with E-state index in [4.69, 9.17) is 0 Å². The van der Waals surface area contributed by atoms with Crippen LogP contribution < -0.4 is 10.6 Å². The fraction of sp³-hybridized carbons (Fsp3) is 0.462. The molecule has 3 rings (SSSR count). The van der Waals surface area contributed by atoms with Crippen LogP contribution in [-0.4, -0.2) is 35.8 Å². The van der Waals surface area contributed by atoms with Crippen LogP contribution in [-0.2, 0) is 16.0 Å². The lowest BCUT2D eigenvalue weighted by Gasteiger charge is -2.22. The number of rotatable bonds is 11. The largest absolute Gasteiger partial charge is 0.326 e. The molecule has 0 aliphatic heterocycles. The zero-order valence-corrected chi connectivity index (χ0v) is 19.0. The van der Waals surface area contributed by atoms with Gasteiger partial charge in [0.25, 0.3) is 0 Å². The van der Waals surface area contributed by atoms with Crippen LogP contribution in [0.1, 0.15) is 55.7 Å². The van der Waals surface area contributed by atoms with Gasteiger partial charge in [-0.3, -0.25) is 14.5 Å². The predicted octanol–water partition coefficient (Wildman–Crippen LogP) is 5.08. The Balaban J connectivity index is 1.48. The average Bonchev–Trinajstić information content (AvgIpc) is 3.59. The Morgan fingerprint density at radius 1 is 0.968 bits per heavy atom. The summed E-state index contributed by atoms with van der Waals surface area (Å²) in [5.74, 6) is -0.0329. The van der Waals surface area contributed by atoms with Crippen molar-refractivity contribution in [3.05, 3.63) is 59.2 Å². The summed E-state index contributed by atoms with van der Waals surface area (Å²) in [7, 11) is 0. The third kappa shape index (κ3) is 7.21. The molecule has 1 aliphatic carbocycles. The van der Waals surface area contributed by atoms with Crippen LogP contribution in [0.4, 0.5) is 11.4 Å². The van der Waals surface area contributed by atoms with E-state index in [-0.39, 0.29) is 11.8 Å². The second-order valence-electron chi connectivity index (χ2n) is 8.62. The number of amides is 2. The quantitative estimate of drug-likeness (QED) is 0.532. The Morgan fingerprint density at radius 2 is 1.65 bits per heavy atom. The van der Waals surface area contributed by atoms with Crippen molar-refractivity contribution in [3.8, 4) is 0 Å². The summed E-state index contributed by atoms with van der Waals surface area (Å²) in [6, 6.07) is 14.5. The van der Waals surface area contributed by atoms with Gasteiger partial charge in [0.05, 0.1) is 6.54 Å². The minimum atomic E-state index is -0.0209. The highest BCUT2D eigenvalue weighted by Crippen LogP contribution is 2.27. The monoisotopic (exact) mass is 421 g/mol. The predicted molar refractivity (Wildman–Crippen MR) is 127 cm³/mol. The molecule has 166 valence electrons. The molecular weight excluding hydrogens is 386 g/mol. The van der Waals surface area contributed by atoms with Gasteiger partial charge < -0.3 is 10.6 Å². The van der Waals surface area contributed by atoms with E-state index in [1.807, 2.05) is 44.2 Å². The van der Waals surface area contributed by atoms with Crippen molar-refractivity contribution in [3.63, 3.8) is 0 Å². The SMILES string of the molecule is CCCCc1ccc(NC(=O)CCN(CC(=O)Nc2c(C)cccc2C)C2CC2)cc1. The van der Waals surface area contributed by atoms with Gasteiger partial charge in [-0.2, -0.15) is 0 Å². The molecule has 0 unspecified atom stereocenters. The van der Waals surface area contributed by atoms with E-state index in [1.54, 1.807) is 0 Å². The summed E-state index contributed by atoms with van der Waals surface area (Å²) in [5.41, 5.74) is 5.15. The number of nitrogens with zero attached hydrogens (tertiary/aromatic N) is 1. The molecule has 2 aromatic carbocycles. The Hall–Kier alpha value is -2.66. The van der Waals surface area contributed by atoms with Crippen molar-refractivity contribution in [2.75, 3.05) is 23.7 Å². The zero-order chi connectivity index (χ0) is 22.2. The van der Waals surface area contributed by atoms with Crippen LogP contribution in [0.15, 0.2) is 42.5 Å². The van der Waals surface area contributed by atoms with Gasteiger partial charge in [0.15, 0.2) is 0 Å². The van der Waals surface area contributed by atoms with Crippen LogP contribution >= 0.6 is 0 Å². The molecule has 5 nitrogen and oxygen atoms in total. The summed E-state index contributed by atoms with van der Waals surface area (Å²) in [6.45, 7) is 7.10. The van der Waals surface area contributed by atoms with Gasteiger partial charge in [-0.05, 0) is 68.4 Å². The number of aryl methyl sites for hydroxylation is 3. The van der Waals surface area contributed by atoms with Crippen LogP contribution in [0.5, 0.6) is 0 Å². The second-order valence-corrected chi connectivity index (χ2v) is 8.62. The first kappa shape index (κ1) is 23.0. The topological polar surface area (TPSA) is 61.4 Å². The molecule has 5 heteroatoms. The third-order valence-corrected chi connectivity index (χ3v) is 5.84. The van der Waals surface area contributed by atoms with Crippen molar-refractivity contribution in [1.82, 2.24) is 4.90 Å². The van der Waals surface area contributed by atoms with E-state index in [0.717, 1.165) is 41.8 Å². The number of benzene rings is 2. The Labute approximate surface area is 186 Å². The van der Waals surface area contributed by atoms with Gasteiger partial charge in [0.2, 0.25) is 11.8 Å². The van der Waals surface area contributed by atoms with Crippen LogP contribution in [0, 0.1) is 13.8 Å². The first-order chi connectivity index (χ1) is 15.0. The van der Waals surface area contributed by atoms with E-state index in [9.17, 15) is 9.59 Å². The average molecular weight is 422 g/mol. The first-order valence-corrected chi connectivity index (χ1v) is 11.4. The number of carbonyl (C=O) groups excluding carboxylic acids is 2. The molecule has 0 aromatic heterocycles. The Kier molecular flexibility index (Phi) is 8.24. The molecular formula is C26H35N3O2. The normalized spacial score (nSPS) is 13.3. The van der Waals surface area contributed by atoms with Crippen molar-refractivity contribution < 1.29 is 9.59 Å². The van der Waals surface area contributed by atoms with E-state index >= 15 is 0 Å². The smallest absolute Gasteiger partial charge is 0.238 e. The molecule has 0 heterocycles. The van der Waals surface area contributed by atoms with Crippen LogP contribution in [0.3, 0.4) is 0 Å². The van der Waals surface area contributed by atoms with Gasteiger partial charge in [0, 0.05) is 30.4 Å². The standard InChI is InChI=1S/C26H35N3O2/c1-4-5-9-21-10-12-22(13-11-21)27-24(30)16-17-29(23-14-15-23)18-25(31)28-26-19(2)7-6-8-20(26)3/h6-8,10-13,23H,4-5,9,14-18H2,1-3H3,(H,27,30)(H,28,31). The lowest BCUT2D eigenvalue weighted by molar-refractivity contribution is -0.119. The van der Waals surface area contributed by atoms with Gasteiger partial charge in [0.1, 0.15) is 0 Å². The highest BCUT2D eigenvalue weighted by atomic mass is 16.2. The molecule has 31 heavy (non-hydrogen) atoms. The number of carbonyl (C=O) groups is 2. The van der Waals surface area contributed by atoms with Gasteiger partial charge in [-0.15, -0.1) is 0 Å². The Morgan fingerprint density at radius 3 is 2.26 bits per heavy atom. The van der Waals surface area contributed by atoms with E-state index in [1.165, 1.54) is 18.4 Å². The first-order valence-electron chi connectivity index (χ1n) is 11.4. The highest BCUT2D eigenvalue weighted by Gasteiger charge is 2.30. The van der Waals surface area contributed by atoms with E-state index in [0.29, 0.717) is 25.6 Å². The number of unbranched alkanes of at least 4 members (excludes halogenated alkanes) is 1. The maximum atomic E-state index is 12.6. The molecule has 2 amide bonds. The highest BCUT2D eigenvalue weighted by molar-refractivity contribution is 5.94. The fourth-order valence-electron chi connectivity index (χ4n) is 3.81. The van der Waals surface area contributed by atoms with Gasteiger partial charge in [-0.1, -0.05) is 43.7 Å². The Bertz CT molecular complexity index is 868.